The monoisotopic (exact) mass is 480 g/mol. The van der Waals surface area contributed by atoms with Gasteiger partial charge in [0, 0.05) is 28.7 Å². The van der Waals surface area contributed by atoms with Crippen LogP contribution in [-0.4, -0.2) is 32.4 Å². The fraction of sp³-hybridized carbons (Fsp3) is 0.222. The van der Waals surface area contributed by atoms with E-state index < -0.39 is 11.2 Å². The number of aromatic amines is 1. The van der Waals surface area contributed by atoms with Crippen molar-refractivity contribution in [3.05, 3.63) is 60.2 Å². The second-order valence-electron chi connectivity index (χ2n) is 6.08. The highest BCUT2D eigenvalue weighted by Crippen LogP contribution is 2.21. The second kappa shape index (κ2) is 8.66. The minimum atomic E-state index is -0.551. The predicted molar refractivity (Wildman–Crippen MR) is 117 cm³/mol. The van der Waals surface area contributed by atoms with Gasteiger partial charge in [0.2, 0.25) is 5.95 Å². The van der Waals surface area contributed by atoms with E-state index in [9.17, 15) is 9.59 Å². The molecule has 11 heteroatoms. The molecule has 152 valence electrons. The molecular formula is C18H18BrClN6O3. The van der Waals surface area contributed by atoms with Crippen LogP contribution >= 0.6 is 27.5 Å². The molecule has 0 radical (unpaired) electrons. The van der Waals surface area contributed by atoms with Gasteiger partial charge in [0.05, 0.1) is 13.3 Å². The zero-order valence-corrected chi connectivity index (χ0v) is 18.2. The first-order chi connectivity index (χ1) is 13.8. The Morgan fingerprint density at radius 2 is 2.21 bits per heavy atom. The molecule has 2 heterocycles. The van der Waals surface area contributed by atoms with E-state index in [-0.39, 0.29) is 23.7 Å². The van der Waals surface area contributed by atoms with Gasteiger partial charge in [-0.2, -0.15) is 10.1 Å². The molecule has 0 aliphatic carbocycles. The van der Waals surface area contributed by atoms with E-state index in [1.165, 1.54) is 11.6 Å². The Morgan fingerprint density at radius 3 is 2.90 bits per heavy atom. The number of aromatic nitrogens is 4. The Labute approximate surface area is 178 Å². The minimum absolute atomic E-state index is 0.233. The maximum absolute atomic E-state index is 12.4. The number of H-pyrrole nitrogens is 1. The summed E-state index contributed by atoms with van der Waals surface area (Å²) < 4.78 is 9.04. The SMILES string of the molecule is COc1ccc(Br)cc1/C=N\Nc1nc2c(c(=O)[nH]c(=O)n2C)n1C/C=C(/C)Cl. The van der Waals surface area contributed by atoms with Gasteiger partial charge in [-0.3, -0.25) is 18.9 Å². The molecule has 0 unspecified atom stereocenters. The number of benzene rings is 1. The van der Waals surface area contributed by atoms with Crippen LogP contribution in [0.5, 0.6) is 5.75 Å². The summed E-state index contributed by atoms with van der Waals surface area (Å²) in [5, 5.41) is 4.77. The third kappa shape index (κ3) is 4.43. The van der Waals surface area contributed by atoms with Gasteiger partial charge in [0.15, 0.2) is 11.2 Å². The number of nitrogens with zero attached hydrogens (tertiary/aromatic N) is 4. The van der Waals surface area contributed by atoms with Crippen LogP contribution in [0.1, 0.15) is 12.5 Å². The van der Waals surface area contributed by atoms with Gasteiger partial charge in [0.1, 0.15) is 5.75 Å². The van der Waals surface area contributed by atoms with Crippen molar-refractivity contribution in [2.24, 2.45) is 12.1 Å². The number of rotatable bonds is 6. The lowest BCUT2D eigenvalue weighted by atomic mass is 10.2. The molecule has 9 nitrogen and oxygen atoms in total. The molecule has 0 saturated heterocycles. The molecule has 3 rings (SSSR count). The first-order valence-electron chi connectivity index (χ1n) is 8.46. The summed E-state index contributed by atoms with van der Waals surface area (Å²) in [7, 11) is 3.10. The zero-order chi connectivity index (χ0) is 21.1. The molecule has 0 aliphatic heterocycles. The number of ether oxygens (including phenoxy) is 1. The fourth-order valence-corrected chi connectivity index (χ4v) is 3.13. The molecule has 0 bridgehead atoms. The standard InChI is InChI=1S/C18H18BrClN6O3/c1-10(20)6-7-26-14-15(25(2)18(28)23-16(14)27)22-17(26)24-21-9-11-8-12(19)4-5-13(11)29-3/h4-6,8-9H,7H2,1-3H3,(H,22,24)(H,23,27,28)/b10-6-,21-9-. The van der Waals surface area contributed by atoms with E-state index in [0.29, 0.717) is 10.8 Å². The number of hydrogen-bond donors (Lipinski definition) is 2. The van der Waals surface area contributed by atoms with Crippen molar-refractivity contribution in [1.82, 2.24) is 19.1 Å². The largest absolute Gasteiger partial charge is 0.496 e. The van der Waals surface area contributed by atoms with Crippen molar-refractivity contribution < 1.29 is 4.74 Å². The number of hydrazone groups is 1. The summed E-state index contributed by atoms with van der Waals surface area (Å²) in [5.74, 6) is 0.929. The lowest BCUT2D eigenvalue weighted by Crippen LogP contribution is -2.29. The smallest absolute Gasteiger partial charge is 0.329 e. The fourth-order valence-electron chi connectivity index (χ4n) is 2.68. The summed E-state index contributed by atoms with van der Waals surface area (Å²) in [4.78, 5) is 30.9. The summed E-state index contributed by atoms with van der Waals surface area (Å²) in [5.41, 5.74) is 2.94. The first kappa shape index (κ1) is 20.9. The number of aryl methyl sites for hydroxylation is 1. The molecule has 1 aromatic carbocycles. The maximum atomic E-state index is 12.4. The number of halogens is 2. The van der Waals surface area contributed by atoms with Crippen LogP contribution in [0, 0.1) is 0 Å². The van der Waals surface area contributed by atoms with Gasteiger partial charge in [-0.25, -0.2) is 10.2 Å². The predicted octanol–water partition coefficient (Wildman–Crippen LogP) is 2.78. The Hall–Kier alpha value is -2.85. The molecule has 29 heavy (non-hydrogen) atoms. The highest BCUT2D eigenvalue weighted by Gasteiger charge is 2.16. The van der Waals surface area contributed by atoms with Gasteiger partial charge < -0.3 is 4.74 Å². The van der Waals surface area contributed by atoms with Gasteiger partial charge >= 0.3 is 5.69 Å². The molecule has 0 saturated carbocycles. The summed E-state index contributed by atoms with van der Waals surface area (Å²) >= 11 is 9.36. The number of allylic oxidation sites excluding steroid dienone is 2. The van der Waals surface area contributed by atoms with E-state index in [0.717, 1.165) is 10.0 Å². The molecule has 0 aliphatic rings. The van der Waals surface area contributed by atoms with Gasteiger partial charge in [-0.05, 0) is 25.1 Å². The normalized spacial score (nSPS) is 12.1. The number of fused-ring (bicyclic) bond motifs is 1. The van der Waals surface area contributed by atoms with Gasteiger partial charge in [-0.15, -0.1) is 0 Å². The zero-order valence-electron chi connectivity index (χ0n) is 15.9. The Kier molecular flexibility index (Phi) is 6.23. The number of hydrogen-bond acceptors (Lipinski definition) is 6. The van der Waals surface area contributed by atoms with Crippen molar-refractivity contribution in [2.45, 2.75) is 13.5 Å². The van der Waals surface area contributed by atoms with E-state index in [4.69, 9.17) is 16.3 Å². The van der Waals surface area contributed by atoms with Crippen LogP contribution in [0.25, 0.3) is 11.2 Å². The number of anilines is 1. The highest BCUT2D eigenvalue weighted by molar-refractivity contribution is 9.10. The first-order valence-corrected chi connectivity index (χ1v) is 9.63. The second-order valence-corrected chi connectivity index (χ2v) is 7.60. The van der Waals surface area contributed by atoms with Crippen LogP contribution in [-0.2, 0) is 13.6 Å². The van der Waals surface area contributed by atoms with E-state index >= 15 is 0 Å². The van der Waals surface area contributed by atoms with Crippen LogP contribution < -0.4 is 21.4 Å². The van der Waals surface area contributed by atoms with Crippen molar-refractivity contribution in [2.75, 3.05) is 12.5 Å². The molecule has 0 amide bonds. The molecule has 0 atom stereocenters. The maximum Gasteiger partial charge on any atom is 0.329 e. The summed E-state index contributed by atoms with van der Waals surface area (Å²) in [6, 6.07) is 5.52. The average Bonchev–Trinajstić information content (AvgIpc) is 3.04. The molecule has 2 N–H and O–H groups in total. The number of nitrogens with one attached hydrogen (secondary N) is 2. The number of methoxy groups -OCH3 is 1. The van der Waals surface area contributed by atoms with Crippen molar-refractivity contribution in [3.63, 3.8) is 0 Å². The van der Waals surface area contributed by atoms with Gasteiger partial charge in [-0.1, -0.05) is 33.6 Å². The van der Waals surface area contributed by atoms with Crippen molar-refractivity contribution >= 4 is 50.9 Å². The molecule has 2 aromatic heterocycles. The van der Waals surface area contributed by atoms with Crippen LogP contribution in [0.2, 0.25) is 0 Å². The lowest BCUT2D eigenvalue weighted by molar-refractivity contribution is 0.414. The number of imidazole rings is 1. The Morgan fingerprint density at radius 1 is 1.45 bits per heavy atom. The van der Waals surface area contributed by atoms with E-state index in [1.54, 1.807) is 30.9 Å². The Bertz CT molecular complexity index is 1240. The molecule has 0 spiro atoms. The van der Waals surface area contributed by atoms with Crippen molar-refractivity contribution in [1.29, 1.82) is 0 Å². The van der Waals surface area contributed by atoms with E-state index in [1.807, 2.05) is 18.2 Å². The van der Waals surface area contributed by atoms with Gasteiger partial charge in [0.25, 0.3) is 5.56 Å². The quantitative estimate of drug-likeness (QED) is 0.416. The average molecular weight is 482 g/mol. The summed E-state index contributed by atoms with van der Waals surface area (Å²) in [6.07, 6.45) is 3.29. The highest BCUT2D eigenvalue weighted by atomic mass is 79.9. The topological polar surface area (TPSA) is 106 Å². The molecule has 3 aromatic rings. The van der Waals surface area contributed by atoms with E-state index in [2.05, 4.69) is 36.4 Å². The third-order valence-corrected chi connectivity index (χ3v) is 4.77. The van der Waals surface area contributed by atoms with Crippen LogP contribution in [0.3, 0.4) is 0 Å². The van der Waals surface area contributed by atoms with Crippen LogP contribution in [0.15, 0.2) is 48.5 Å². The van der Waals surface area contributed by atoms with Crippen LogP contribution in [0.4, 0.5) is 5.95 Å². The van der Waals surface area contributed by atoms with Crippen molar-refractivity contribution in [3.8, 4) is 5.75 Å². The Balaban J connectivity index is 2.06. The lowest BCUT2D eigenvalue weighted by Gasteiger charge is -2.06. The minimum Gasteiger partial charge on any atom is -0.496 e. The summed E-state index contributed by atoms with van der Waals surface area (Å²) in [6.45, 7) is 2.00. The molecular weight excluding hydrogens is 464 g/mol. The molecule has 0 fully saturated rings. The third-order valence-electron chi connectivity index (χ3n) is 4.12.